The molecule has 2 N–H and O–H groups in total. The molecule has 0 aliphatic carbocycles. The fourth-order valence-electron chi connectivity index (χ4n) is 4.90. The van der Waals surface area contributed by atoms with Gasteiger partial charge >= 0.3 is 0 Å². The molecule has 9 heteroatoms. The lowest BCUT2D eigenvalue weighted by molar-refractivity contribution is 0.0951. The third kappa shape index (κ3) is 6.03. The normalized spacial score (nSPS) is 11.7. The molecule has 0 saturated heterocycles. The Morgan fingerprint density at radius 2 is 1.74 bits per heavy atom. The second-order valence-electron chi connectivity index (χ2n) is 10.2. The molecule has 0 bridgehead atoms. The number of aryl methyl sites for hydroxylation is 2. The number of H-pyrrole nitrogens is 1. The minimum absolute atomic E-state index is 0.0763. The summed E-state index contributed by atoms with van der Waals surface area (Å²) >= 11 is 0. The van der Waals surface area contributed by atoms with E-state index >= 15 is 0 Å². The van der Waals surface area contributed by atoms with E-state index in [1.807, 2.05) is 74.5 Å². The van der Waals surface area contributed by atoms with Crippen LogP contribution in [0.15, 0.2) is 88.7 Å². The van der Waals surface area contributed by atoms with Crippen molar-refractivity contribution in [3.63, 3.8) is 0 Å². The van der Waals surface area contributed by atoms with Gasteiger partial charge in [-0.25, -0.2) is 8.42 Å². The molecule has 0 unspecified atom stereocenters. The standard InChI is InChI=1S/C34H33N3O5S/c1-5-35-33(38)29-20-27-28(21-37(4)34(39)31(27)36-29)26-19-25(43(40,41)6-2)17-18-30(26)42-32-22(3)11-10-14-24(32)16-15-23-12-8-7-9-13-23/h7-21,36H,5-6H2,1-4H3,(H,35,38). The van der Waals surface area contributed by atoms with Crippen molar-refractivity contribution in [1.29, 1.82) is 0 Å². The van der Waals surface area contributed by atoms with Crippen LogP contribution in [0.25, 0.3) is 34.2 Å². The Hall–Kier alpha value is -4.89. The summed E-state index contributed by atoms with van der Waals surface area (Å²) in [4.78, 5) is 28.9. The maximum Gasteiger partial charge on any atom is 0.274 e. The summed E-state index contributed by atoms with van der Waals surface area (Å²) in [5.74, 6) is 0.590. The molecule has 0 aliphatic rings. The van der Waals surface area contributed by atoms with Crippen LogP contribution >= 0.6 is 0 Å². The van der Waals surface area contributed by atoms with Crippen LogP contribution in [0.1, 0.15) is 41.0 Å². The van der Waals surface area contributed by atoms with Crippen molar-refractivity contribution < 1.29 is 17.9 Å². The summed E-state index contributed by atoms with van der Waals surface area (Å²) in [5, 5.41) is 3.22. The minimum atomic E-state index is -3.57. The number of carbonyl (C=O) groups is 1. The van der Waals surface area contributed by atoms with Crippen LogP contribution in [0.5, 0.6) is 11.5 Å². The number of aromatic amines is 1. The van der Waals surface area contributed by atoms with Crippen molar-refractivity contribution in [3.05, 3.63) is 112 Å². The first-order chi connectivity index (χ1) is 20.6. The first kappa shape index (κ1) is 29.6. The number of rotatable bonds is 9. The Morgan fingerprint density at radius 1 is 0.977 bits per heavy atom. The Morgan fingerprint density at radius 3 is 2.47 bits per heavy atom. The molecular formula is C34H33N3O5S. The number of pyridine rings is 1. The molecule has 2 aromatic heterocycles. The molecule has 8 nitrogen and oxygen atoms in total. The molecule has 1 amide bonds. The van der Waals surface area contributed by atoms with Crippen molar-refractivity contribution in [1.82, 2.24) is 14.9 Å². The van der Waals surface area contributed by atoms with Crippen molar-refractivity contribution in [2.24, 2.45) is 7.05 Å². The monoisotopic (exact) mass is 595 g/mol. The van der Waals surface area contributed by atoms with E-state index in [-0.39, 0.29) is 33.3 Å². The van der Waals surface area contributed by atoms with Gasteiger partial charge in [0.25, 0.3) is 11.5 Å². The number of benzene rings is 3. The van der Waals surface area contributed by atoms with Gasteiger partial charge in [0.05, 0.1) is 10.6 Å². The van der Waals surface area contributed by atoms with E-state index < -0.39 is 9.84 Å². The molecule has 43 heavy (non-hydrogen) atoms. The van der Waals surface area contributed by atoms with Gasteiger partial charge in [0.1, 0.15) is 22.7 Å². The molecule has 2 heterocycles. The zero-order valence-corrected chi connectivity index (χ0v) is 25.3. The maximum atomic E-state index is 13.1. The summed E-state index contributed by atoms with van der Waals surface area (Å²) in [6.07, 6.45) is 5.61. The summed E-state index contributed by atoms with van der Waals surface area (Å²) < 4.78 is 33.9. The highest BCUT2D eigenvalue weighted by Gasteiger charge is 2.22. The second kappa shape index (κ2) is 12.1. The zero-order chi connectivity index (χ0) is 30.7. The third-order valence-corrected chi connectivity index (χ3v) is 8.97. The first-order valence-corrected chi connectivity index (χ1v) is 15.7. The minimum Gasteiger partial charge on any atom is -0.456 e. The van der Waals surface area contributed by atoms with Gasteiger partial charge in [0, 0.05) is 41.9 Å². The van der Waals surface area contributed by atoms with Gasteiger partial charge < -0.3 is 19.6 Å². The Balaban J connectivity index is 1.72. The molecule has 0 fully saturated rings. The van der Waals surface area contributed by atoms with E-state index in [9.17, 15) is 18.0 Å². The maximum absolute atomic E-state index is 13.1. The van der Waals surface area contributed by atoms with E-state index in [2.05, 4.69) is 10.3 Å². The fourth-order valence-corrected chi connectivity index (χ4v) is 5.81. The predicted octanol–water partition coefficient (Wildman–Crippen LogP) is 6.35. The molecule has 0 atom stereocenters. The molecular weight excluding hydrogens is 562 g/mol. The topological polar surface area (TPSA) is 110 Å². The number of nitrogens with zero attached hydrogens (tertiary/aromatic N) is 1. The number of fused-ring (bicyclic) bond motifs is 1. The summed E-state index contributed by atoms with van der Waals surface area (Å²) in [6.45, 7) is 5.77. The second-order valence-corrected chi connectivity index (χ2v) is 12.5. The first-order valence-electron chi connectivity index (χ1n) is 14.0. The van der Waals surface area contributed by atoms with E-state index in [4.69, 9.17) is 4.74 Å². The lowest BCUT2D eigenvalue weighted by atomic mass is 10.0. The van der Waals surface area contributed by atoms with Gasteiger partial charge in [-0.3, -0.25) is 9.59 Å². The highest BCUT2D eigenvalue weighted by molar-refractivity contribution is 7.91. The fraction of sp³-hybridized carbons (Fsp3) is 0.176. The summed E-state index contributed by atoms with van der Waals surface area (Å²) in [5.41, 5.74) is 3.92. The lowest BCUT2D eigenvalue weighted by Crippen LogP contribution is -2.23. The number of ether oxygens (including phenoxy) is 1. The highest BCUT2D eigenvalue weighted by Crippen LogP contribution is 2.40. The zero-order valence-electron chi connectivity index (χ0n) is 24.5. The van der Waals surface area contributed by atoms with Crippen molar-refractivity contribution in [2.75, 3.05) is 12.3 Å². The number of aromatic nitrogens is 2. The number of hydrogen-bond donors (Lipinski definition) is 2. The smallest absolute Gasteiger partial charge is 0.274 e. The van der Waals surface area contributed by atoms with Crippen LogP contribution in [0.4, 0.5) is 0 Å². The number of nitrogens with one attached hydrogen (secondary N) is 2. The Kier molecular flexibility index (Phi) is 8.36. The van der Waals surface area contributed by atoms with Gasteiger partial charge in [-0.1, -0.05) is 67.6 Å². The number of para-hydroxylation sites is 1. The number of hydrogen-bond acceptors (Lipinski definition) is 5. The van der Waals surface area contributed by atoms with Crippen LogP contribution in [0, 0.1) is 6.92 Å². The molecule has 0 spiro atoms. The van der Waals surface area contributed by atoms with Gasteiger partial charge in [-0.05, 0) is 49.2 Å². The molecule has 220 valence electrons. The van der Waals surface area contributed by atoms with Gasteiger partial charge in [0.2, 0.25) is 0 Å². The number of sulfone groups is 1. The van der Waals surface area contributed by atoms with Crippen LogP contribution < -0.4 is 15.6 Å². The molecule has 0 aliphatic heterocycles. The Labute approximate surface area is 250 Å². The average Bonchev–Trinajstić information content (AvgIpc) is 3.46. The van der Waals surface area contributed by atoms with Gasteiger partial charge in [0.15, 0.2) is 9.84 Å². The molecule has 3 aromatic carbocycles. The van der Waals surface area contributed by atoms with E-state index in [0.717, 1.165) is 16.7 Å². The quantitative estimate of drug-likeness (QED) is 0.193. The molecule has 0 saturated carbocycles. The molecule has 0 radical (unpaired) electrons. The molecule has 5 rings (SSSR count). The summed E-state index contributed by atoms with van der Waals surface area (Å²) in [6, 6.07) is 22.1. The SMILES string of the molecule is CCNC(=O)c1cc2c(-c3cc(S(=O)(=O)CC)ccc3Oc3c(C)cccc3C=Cc3ccccc3)cn(C)c(=O)c2[nH]1. The van der Waals surface area contributed by atoms with Crippen molar-refractivity contribution in [3.8, 4) is 22.6 Å². The number of carbonyl (C=O) groups excluding carboxylic acids is 1. The largest absolute Gasteiger partial charge is 0.456 e. The van der Waals surface area contributed by atoms with Crippen molar-refractivity contribution in [2.45, 2.75) is 25.7 Å². The van der Waals surface area contributed by atoms with Crippen LogP contribution in [-0.4, -0.2) is 36.2 Å². The summed E-state index contributed by atoms with van der Waals surface area (Å²) in [7, 11) is -1.96. The van der Waals surface area contributed by atoms with Crippen LogP contribution in [0.3, 0.4) is 0 Å². The van der Waals surface area contributed by atoms with Crippen LogP contribution in [-0.2, 0) is 16.9 Å². The molecule has 5 aromatic rings. The lowest BCUT2D eigenvalue weighted by Gasteiger charge is -2.17. The van der Waals surface area contributed by atoms with Crippen molar-refractivity contribution >= 4 is 38.8 Å². The van der Waals surface area contributed by atoms with E-state index in [0.29, 0.717) is 34.6 Å². The van der Waals surface area contributed by atoms with E-state index in [1.165, 1.54) is 10.6 Å². The number of amides is 1. The van der Waals surface area contributed by atoms with Gasteiger partial charge in [-0.2, -0.15) is 0 Å². The Bertz CT molecular complexity index is 2020. The van der Waals surface area contributed by atoms with Gasteiger partial charge in [-0.15, -0.1) is 0 Å². The third-order valence-electron chi connectivity index (χ3n) is 7.24. The average molecular weight is 596 g/mol. The highest BCUT2D eigenvalue weighted by atomic mass is 32.2. The van der Waals surface area contributed by atoms with E-state index in [1.54, 1.807) is 38.4 Å². The van der Waals surface area contributed by atoms with Crippen LogP contribution in [0.2, 0.25) is 0 Å². The predicted molar refractivity (Wildman–Crippen MR) is 171 cm³/mol.